The predicted molar refractivity (Wildman–Crippen MR) is 77.8 cm³/mol. The maximum absolute atomic E-state index is 5.87. The molecular formula is C16H22N2O. The van der Waals surface area contributed by atoms with Gasteiger partial charge in [-0.15, -0.1) is 0 Å². The molecule has 1 aromatic heterocycles. The van der Waals surface area contributed by atoms with E-state index in [0.717, 1.165) is 23.8 Å². The van der Waals surface area contributed by atoms with E-state index in [0.29, 0.717) is 6.54 Å². The number of nitrogens with zero attached hydrogens (tertiary/aromatic N) is 1. The molecular weight excluding hydrogens is 236 g/mol. The summed E-state index contributed by atoms with van der Waals surface area (Å²) in [5, 5.41) is 1.22. The van der Waals surface area contributed by atoms with Gasteiger partial charge in [-0.3, -0.25) is 4.90 Å². The third-order valence-electron chi connectivity index (χ3n) is 4.09. The van der Waals surface area contributed by atoms with Crippen molar-refractivity contribution in [3.8, 4) is 0 Å². The zero-order chi connectivity index (χ0) is 13.2. The molecule has 19 heavy (non-hydrogen) atoms. The first-order valence-corrected chi connectivity index (χ1v) is 7.19. The minimum Gasteiger partial charge on any atom is -0.459 e. The van der Waals surface area contributed by atoms with Crippen LogP contribution in [-0.4, -0.2) is 18.0 Å². The van der Waals surface area contributed by atoms with Gasteiger partial charge in [0.25, 0.3) is 0 Å². The van der Waals surface area contributed by atoms with E-state index in [1.165, 1.54) is 36.9 Å². The van der Waals surface area contributed by atoms with Gasteiger partial charge in [0, 0.05) is 24.0 Å². The molecule has 1 saturated heterocycles. The Bertz CT molecular complexity index is 561. The average Bonchev–Trinajstić information content (AvgIpc) is 2.77. The number of para-hydroxylation sites is 1. The van der Waals surface area contributed by atoms with Gasteiger partial charge in [0.2, 0.25) is 0 Å². The molecule has 2 heterocycles. The molecule has 1 aliphatic heterocycles. The summed E-state index contributed by atoms with van der Waals surface area (Å²) in [5.41, 5.74) is 8.08. The van der Waals surface area contributed by atoms with Crippen molar-refractivity contribution in [2.24, 2.45) is 11.7 Å². The number of hydrogen-bond donors (Lipinski definition) is 1. The molecule has 3 nitrogen and oxygen atoms in total. The van der Waals surface area contributed by atoms with Gasteiger partial charge in [-0.05, 0) is 31.4 Å². The zero-order valence-electron chi connectivity index (χ0n) is 11.6. The normalized spacial score (nSPS) is 21.1. The molecule has 0 radical (unpaired) electrons. The minimum atomic E-state index is 0.480. The van der Waals surface area contributed by atoms with Gasteiger partial charge >= 0.3 is 0 Å². The number of hydrogen-bond acceptors (Lipinski definition) is 3. The monoisotopic (exact) mass is 258 g/mol. The standard InChI is InChI=1S/C16H22N2O/c1-12-5-4-8-18(10-12)11-14-13-6-2-3-7-15(13)19-16(14)9-17/h2-3,6-7,12H,4-5,8-11,17H2,1H3. The highest BCUT2D eigenvalue weighted by Gasteiger charge is 2.20. The Morgan fingerprint density at radius 1 is 1.37 bits per heavy atom. The Hall–Kier alpha value is -1.32. The van der Waals surface area contributed by atoms with E-state index >= 15 is 0 Å². The first-order chi connectivity index (χ1) is 9.28. The van der Waals surface area contributed by atoms with Gasteiger partial charge in [-0.1, -0.05) is 25.1 Å². The average molecular weight is 258 g/mol. The van der Waals surface area contributed by atoms with Crippen molar-refractivity contribution in [1.29, 1.82) is 0 Å². The van der Waals surface area contributed by atoms with Crippen molar-refractivity contribution >= 4 is 11.0 Å². The van der Waals surface area contributed by atoms with Crippen LogP contribution in [0.4, 0.5) is 0 Å². The number of furan rings is 1. The van der Waals surface area contributed by atoms with Crippen LogP contribution in [0.3, 0.4) is 0 Å². The van der Waals surface area contributed by atoms with E-state index in [1.54, 1.807) is 0 Å². The summed E-state index contributed by atoms with van der Waals surface area (Å²) in [5.74, 6) is 1.74. The van der Waals surface area contributed by atoms with Crippen molar-refractivity contribution in [3.05, 3.63) is 35.6 Å². The van der Waals surface area contributed by atoms with Crippen LogP contribution >= 0.6 is 0 Å². The second-order valence-electron chi connectivity index (χ2n) is 5.69. The summed E-state index contributed by atoms with van der Waals surface area (Å²) in [6.45, 7) is 6.15. The molecule has 1 atom stereocenters. The molecule has 1 unspecified atom stereocenters. The molecule has 3 rings (SSSR count). The van der Waals surface area contributed by atoms with Gasteiger partial charge in [-0.2, -0.15) is 0 Å². The third kappa shape index (κ3) is 2.53. The number of rotatable bonds is 3. The van der Waals surface area contributed by atoms with Crippen molar-refractivity contribution < 1.29 is 4.42 Å². The molecule has 0 aliphatic carbocycles. The molecule has 1 fully saturated rings. The van der Waals surface area contributed by atoms with E-state index < -0.39 is 0 Å². The predicted octanol–water partition coefficient (Wildman–Crippen LogP) is 3.12. The van der Waals surface area contributed by atoms with Crippen LogP contribution in [-0.2, 0) is 13.1 Å². The summed E-state index contributed by atoms with van der Waals surface area (Å²) in [6.07, 6.45) is 2.65. The lowest BCUT2D eigenvalue weighted by atomic mass is 9.99. The Morgan fingerprint density at radius 2 is 2.21 bits per heavy atom. The zero-order valence-corrected chi connectivity index (χ0v) is 11.6. The van der Waals surface area contributed by atoms with Crippen LogP contribution in [0.2, 0.25) is 0 Å². The fourth-order valence-corrected chi connectivity index (χ4v) is 3.14. The van der Waals surface area contributed by atoms with Gasteiger partial charge in [0.05, 0.1) is 6.54 Å². The minimum absolute atomic E-state index is 0.480. The number of likely N-dealkylation sites (tertiary alicyclic amines) is 1. The highest BCUT2D eigenvalue weighted by atomic mass is 16.3. The summed E-state index contributed by atoms with van der Waals surface area (Å²) in [6, 6.07) is 8.25. The molecule has 0 saturated carbocycles. The van der Waals surface area contributed by atoms with E-state index in [9.17, 15) is 0 Å². The van der Waals surface area contributed by atoms with Crippen LogP contribution in [0.25, 0.3) is 11.0 Å². The first kappa shape index (κ1) is 12.7. The van der Waals surface area contributed by atoms with Crippen LogP contribution in [0.5, 0.6) is 0 Å². The third-order valence-corrected chi connectivity index (χ3v) is 4.09. The fraction of sp³-hybridized carbons (Fsp3) is 0.500. The second-order valence-corrected chi connectivity index (χ2v) is 5.69. The number of fused-ring (bicyclic) bond motifs is 1. The maximum atomic E-state index is 5.87. The lowest BCUT2D eigenvalue weighted by Gasteiger charge is -2.30. The van der Waals surface area contributed by atoms with Crippen molar-refractivity contribution in [1.82, 2.24) is 4.90 Å². The molecule has 0 bridgehead atoms. The summed E-state index contributed by atoms with van der Waals surface area (Å²) < 4.78 is 5.87. The van der Waals surface area contributed by atoms with Crippen molar-refractivity contribution in [2.75, 3.05) is 13.1 Å². The lowest BCUT2D eigenvalue weighted by molar-refractivity contribution is 0.176. The molecule has 1 aromatic carbocycles. The first-order valence-electron chi connectivity index (χ1n) is 7.19. The van der Waals surface area contributed by atoms with Crippen molar-refractivity contribution in [3.63, 3.8) is 0 Å². The molecule has 3 heteroatoms. The number of benzene rings is 1. The van der Waals surface area contributed by atoms with Crippen LogP contribution in [0.1, 0.15) is 31.1 Å². The molecule has 0 spiro atoms. The maximum Gasteiger partial charge on any atom is 0.134 e. The lowest BCUT2D eigenvalue weighted by Crippen LogP contribution is -2.33. The van der Waals surface area contributed by atoms with E-state index in [-0.39, 0.29) is 0 Å². The highest BCUT2D eigenvalue weighted by molar-refractivity contribution is 5.82. The Balaban J connectivity index is 1.90. The molecule has 2 N–H and O–H groups in total. The SMILES string of the molecule is CC1CCCN(Cc2c(CN)oc3ccccc23)C1. The van der Waals surface area contributed by atoms with Gasteiger partial charge in [0.15, 0.2) is 0 Å². The second kappa shape index (κ2) is 5.35. The Kier molecular flexibility index (Phi) is 3.58. The summed E-state index contributed by atoms with van der Waals surface area (Å²) in [4.78, 5) is 2.53. The molecule has 102 valence electrons. The van der Waals surface area contributed by atoms with E-state index in [1.807, 2.05) is 12.1 Å². The van der Waals surface area contributed by atoms with E-state index in [2.05, 4.69) is 24.0 Å². The largest absolute Gasteiger partial charge is 0.459 e. The molecule has 0 amide bonds. The van der Waals surface area contributed by atoms with Crippen molar-refractivity contribution in [2.45, 2.75) is 32.9 Å². The van der Waals surface area contributed by atoms with Crippen LogP contribution in [0, 0.1) is 5.92 Å². The topological polar surface area (TPSA) is 42.4 Å². The summed E-state index contributed by atoms with van der Waals surface area (Å²) in [7, 11) is 0. The Labute approximate surface area is 114 Å². The summed E-state index contributed by atoms with van der Waals surface area (Å²) >= 11 is 0. The smallest absolute Gasteiger partial charge is 0.134 e. The van der Waals surface area contributed by atoms with Gasteiger partial charge < -0.3 is 10.2 Å². The number of nitrogens with two attached hydrogens (primary N) is 1. The molecule has 1 aliphatic rings. The Morgan fingerprint density at radius 3 is 3.00 bits per heavy atom. The quantitative estimate of drug-likeness (QED) is 0.919. The molecule has 2 aromatic rings. The van der Waals surface area contributed by atoms with Gasteiger partial charge in [0.1, 0.15) is 11.3 Å². The fourth-order valence-electron chi connectivity index (χ4n) is 3.14. The highest BCUT2D eigenvalue weighted by Crippen LogP contribution is 2.28. The number of piperidine rings is 1. The van der Waals surface area contributed by atoms with Gasteiger partial charge in [-0.25, -0.2) is 0 Å². The van der Waals surface area contributed by atoms with E-state index in [4.69, 9.17) is 10.2 Å². The van der Waals surface area contributed by atoms with Crippen LogP contribution < -0.4 is 5.73 Å². The van der Waals surface area contributed by atoms with Crippen LogP contribution in [0.15, 0.2) is 28.7 Å².